The zero-order valence-corrected chi connectivity index (χ0v) is 13.4. The summed E-state index contributed by atoms with van der Waals surface area (Å²) in [6, 6.07) is 19.6. The second-order valence-corrected chi connectivity index (χ2v) is 8.59. The normalized spacial score (nSPS) is 11.4. The molecule has 0 aliphatic heterocycles. The molecule has 0 bridgehead atoms. The van der Waals surface area contributed by atoms with E-state index < -0.39 is 9.84 Å². The highest BCUT2D eigenvalue weighted by Crippen LogP contribution is 2.32. The van der Waals surface area contributed by atoms with Crippen LogP contribution in [-0.4, -0.2) is 8.42 Å². The molecule has 21 heavy (non-hydrogen) atoms. The molecule has 1 aromatic heterocycles. The lowest BCUT2D eigenvalue weighted by atomic mass is 10.4. The maximum absolute atomic E-state index is 12.5. The molecule has 2 aromatic carbocycles. The summed E-state index contributed by atoms with van der Waals surface area (Å²) in [5.74, 6) is 0. The van der Waals surface area contributed by atoms with Gasteiger partial charge in [-0.15, -0.1) is 11.3 Å². The highest BCUT2D eigenvalue weighted by molar-refractivity contribution is 8.01. The second kappa shape index (κ2) is 6.05. The predicted molar refractivity (Wildman–Crippen MR) is 86.8 cm³/mol. The third kappa shape index (κ3) is 3.20. The highest BCUT2D eigenvalue weighted by Gasteiger charge is 2.16. The second-order valence-electron chi connectivity index (χ2n) is 4.32. The first-order chi connectivity index (χ1) is 10.2. The van der Waals surface area contributed by atoms with Crippen LogP contribution < -0.4 is 0 Å². The van der Waals surface area contributed by atoms with Crippen molar-refractivity contribution >= 4 is 32.9 Å². The Balaban J connectivity index is 1.87. The van der Waals surface area contributed by atoms with Gasteiger partial charge in [0.15, 0.2) is 0 Å². The molecule has 0 atom stereocenters. The highest BCUT2D eigenvalue weighted by atomic mass is 32.2. The lowest BCUT2D eigenvalue weighted by Crippen LogP contribution is -2.01. The first kappa shape index (κ1) is 14.4. The van der Waals surface area contributed by atoms with E-state index in [1.165, 1.54) is 4.21 Å². The summed E-state index contributed by atoms with van der Waals surface area (Å²) in [6.45, 7) is 0. The maximum atomic E-state index is 12.5. The van der Waals surface area contributed by atoms with Crippen molar-refractivity contribution in [3.63, 3.8) is 0 Å². The van der Waals surface area contributed by atoms with Gasteiger partial charge in [-0.1, -0.05) is 36.0 Å². The van der Waals surface area contributed by atoms with Gasteiger partial charge >= 0.3 is 0 Å². The fourth-order valence-electron chi connectivity index (χ4n) is 1.86. The van der Waals surface area contributed by atoms with Crippen molar-refractivity contribution in [2.24, 2.45) is 0 Å². The van der Waals surface area contributed by atoms with Crippen LogP contribution in [0.1, 0.15) is 0 Å². The number of hydrogen-bond donors (Lipinski definition) is 0. The fourth-order valence-corrected chi connectivity index (χ4v) is 4.89. The fraction of sp³-hybridized carbons (Fsp3) is 0. The third-order valence-electron chi connectivity index (χ3n) is 2.90. The maximum Gasteiger partial charge on any atom is 0.206 e. The van der Waals surface area contributed by atoms with Gasteiger partial charge in [0, 0.05) is 4.90 Å². The average molecular weight is 332 g/mol. The van der Waals surface area contributed by atoms with Crippen LogP contribution in [0.15, 0.2) is 91.0 Å². The molecule has 5 heteroatoms. The Kier molecular flexibility index (Phi) is 4.14. The first-order valence-corrected chi connectivity index (χ1v) is 9.46. The Hall–Kier alpha value is -1.56. The van der Waals surface area contributed by atoms with E-state index in [9.17, 15) is 8.42 Å². The van der Waals surface area contributed by atoms with Crippen LogP contribution in [0.2, 0.25) is 0 Å². The van der Waals surface area contributed by atoms with Crippen molar-refractivity contribution < 1.29 is 8.42 Å². The van der Waals surface area contributed by atoms with Gasteiger partial charge in [0.1, 0.15) is 0 Å². The van der Waals surface area contributed by atoms with Gasteiger partial charge in [0.05, 0.1) is 14.0 Å². The topological polar surface area (TPSA) is 34.1 Å². The van der Waals surface area contributed by atoms with Gasteiger partial charge in [-0.2, -0.15) is 0 Å². The summed E-state index contributed by atoms with van der Waals surface area (Å²) in [6.07, 6.45) is 0. The van der Waals surface area contributed by atoms with Gasteiger partial charge in [0.25, 0.3) is 0 Å². The van der Waals surface area contributed by atoms with Crippen LogP contribution in [0, 0.1) is 0 Å². The van der Waals surface area contributed by atoms with Crippen molar-refractivity contribution in [3.8, 4) is 0 Å². The van der Waals surface area contributed by atoms with Crippen molar-refractivity contribution in [1.82, 2.24) is 0 Å². The summed E-state index contributed by atoms with van der Waals surface area (Å²) >= 11 is 3.30. The van der Waals surface area contributed by atoms with E-state index in [1.54, 1.807) is 65.6 Å². The Morgan fingerprint density at radius 2 is 1.43 bits per heavy atom. The summed E-state index contributed by atoms with van der Waals surface area (Å²) in [4.78, 5) is 1.68. The van der Waals surface area contributed by atoms with Crippen LogP contribution in [-0.2, 0) is 9.84 Å². The lowest BCUT2D eigenvalue weighted by Gasteiger charge is -2.05. The number of rotatable bonds is 4. The molecular formula is C16H12O2S3. The standard InChI is InChI=1S/C16H12O2S3/c17-21(18,14-5-2-1-3-6-14)15-10-8-13(9-11-15)20-16-7-4-12-19-16/h1-12H. The molecule has 0 unspecified atom stereocenters. The van der Waals surface area contributed by atoms with Crippen molar-refractivity contribution in [1.29, 1.82) is 0 Å². The molecule has 106 valence electrons. The molecule has 0 radical (unpaired) electrons. The van der Waals surface area contributed by atoms with Crippen LogP contribution in [0.25, 0.3) is 0 Å². The SMILES string of the molecule is O=S(=O)(c1ccccc1)c1ccc(Sc2cccs2)cc1. The summed E-state index contributed by atoms with van der Waals surface area (Å²) in [7, 11) is -3.42. The molecule has 0 aliphatic rings. The first-order valence-electron chi connectivity index (χ1n) is 6.28. The van der Waals surface area contributed by atoms with E-state index in [2.05, 4.69) is 0 Å². The van der Waals surface area contributed by atoms with Gasteiger partial charge < -0.3 is 0 Å². The van der Waals surface area contributed by atoms with Crippen LogP contribution in [0.3, 0.4) is 0 Å². The van der Waals surface area contributed by atoms with E-state index in [1.807, 2.05) is 29.6 Å². The summed E-state index contributed by atoms with van der Waals surface area (Å²) in [5, 5.41) is 2.02. The summed E-state index contributed by atoms with van der Waals surface area (Å²) in [5.41, 5.74) is 0. The Labute approximate surface area is 132 Å². The molecule has 1 heterocycles. The molecule has 0 amide bonds. The molecule has 3 aromatic rings. The number of thiophene rings is 1. The quantitative estimate of drug-likeness (QED) is 0.692. The van der Waals surface area contributed by atoms with Crippen molar-refractivity contribution in [3.05, 3.63) is 72.1 Å². The van der Waals surface area contributed by atoms with Crippen LogP contribution >= 0.6 is 23.1 Å². The molecule has 2 nitrogen and oxygen atoms in total. The lowest BCUT2D eigenvalue weighted by molar-refractivity contribution is 0.596. The largest absolute Gasteiger partial charge is 0.219 e. The zero-order valence-electron chi connectivity index (χ0n) is 11.0. The Morgan fingerprint density at radius 3 is 2.05 bits per heavy atom. The minimum Gasteiger partial charge on any atom is -0.219 e. The zero-order chi connectivity index (χ0) is 14.7. The molecule has 0 spiro atoms. The number of benzene rings is 2. The van der Waals surface area contributed by atoms with Gasteiger partial charge in [0.2, 0.25) is 9.84 Å². The van der Waals surface area contributed by atoms with E-state index in [-0.39, 0.29) is 0 Å². The molecular weight excluding hydrogens is 320 g/mol. The number of sulfone groups is 1. The summed E-state index contributed by atoms with van der Waals surface area (Å²) < 4.78 is 26.1. The molecule has 0 N–H and O–H groups in total. The third-order valence-corrected chi connectivity index (χ3v) is 6.73. The van der Waals surface area contributed by atoms with Crippen LogP contribution in [0.4, 0.5) is 0 Å². The van der Waals surface area contributed by atoms with Crippen molar-refractivity contribution in [2.45, 2.75) is 18.9 Å². The Bertz CT molecular complexity index is 806. The average Bonchev–Trinajstić information content (AvgIpc) is 3.02. The van der Waals surface area contributed by atoms with Gasteiger partial charge in [-0.05, 0) is 47.8 Å². The van der Waals surface area contributed by atoms with E-state index in [0.717, 1.165) is 4.90 Å². The molecule has 0 saturated carbocycles. The number of hydrogen-bond acceptors (Lipinski definition) is 4. The predicted octanol–water partition coefficient (Wildman–Crippen LogP) is 4.73. The molecule has 0 fully saturated rings. The Morgan fingerprint density at radius 1 is 0.762 bits per heavy atom. The van der Waals surface area contributed by atoms with Gasteiger partial charge in [-0.3, -0.25) is 0 Å². The van der Waals surface area contributed by atoms with Crippen molar-refractivity contribution in [2.75, 3.05) is 0 Å². The smallest absolute Gasteiger partial charge is 0.206 e. The molecule has 0 saturated heterocycles. The minimum atomic E-state index is -3.42. The minimum absolute atomic E-state index is 0.323. The van der Waals surface area contributed by atoms with Crippen LogP contribution in [0.5, 0.6) is 0 Å². The van der Waals surface area contributed by atoms with E-state index in [4.69, 9.17) is 0 Å². The van der Waals surface area contributed by atoms with Gasteiger partial charge in [-0.25, -0.2) is 8.42 Å². The molecule has 0 aliphatic carbocycles. The monoisotopic (exact) mass is 332 g/mol. The molecule has 3 rings (SSSR count). The van der Waals surface area contributed by atoms with E-state index >= 15 is 0 Å². The van der Waals surface area contributed by atoms with E-state index in [0.29, 0.717) is 9.79 Å².